The minimum atomic E-state index is 0.139. The smallest absolute Gasteiger partial charge is 0.245 e. The van der Waals surface area contributed by atoms with Crippen LogP contribution in [0.15, 0.2) is 134 Å². The Balaban J connectivity index is 1.47. The molecule has 1 aliphatic heterocycles. The molecule has 1 aromatic heterocycles. The van der Waals surface area contributed by atoms with Gasteiger partial charge >= 0.3 is 0 Å². The van der Waals surface area contributed by atoms with Gasteiger partial charge < -0.3 is 0 Å². The van der Waals surface area contributed by atoms with E-state index in [0.29, 0.717) is 0 Å². The number of aromatic nitrogens is 1. The predicted molar refractivity (Wildman–Crippen MR) is 149 cm³/mol. The standard InChI is InChI=1S/C33H22BN/c1-2-10-24(11-3-1)28-15-6-7-17-30(28)34-31-18-9-21-35-33(31)29-20-19-25(22-32(29)34)27-16-8-13-23-12-4-5-14-26(23)27/h1-22H. The van der Waals surface area contributed by atoms with Crippen molar-refractivity contribution in [3.8, 4) is 33.5 Å². The molecule has 0 unspecified atom stereocenters. The van der Waals surface area contributed by atoms with Crippen molar-refractivity contribution in [2.45, 2.75) is 0 Å². The monoisotopic (exact) mass is 443 g/mol. The molecule has 0 fully saturated rings. The quantitative estimate of drug-likeness (QED) is 0.302. The minimum Gasteiger partial charge on any atom is -0.257 e. The fourth-order valence-electron chi connectivity index (χ4n) is 5.67. The summed E-state index contributed by atoms with van der Waals surface area (Å²) in [4.78, 5) is 4.83. The van der Waals surface area contributed by atoms with Gasteiger partial charge in [-0.05, 0) is 50.1 Å². The molecule has 7 rings (SSSR count). The van der Waals surface area contributed by atoms with Crippen molar-refractivity contribution < 1.29 is 0 Å². The van der Waals surface area contributed by atoms with Gasteiger partial charge in [-0.2, -0.15) is 0 Å². The molecule has 1 aliphatic rings. The number of hydrogen-bond donors (Lipinski definition) is 0. The second kappa shape index (κ2) is 8.11. The maximum absolute atomic E-state index is 4.83. The first-order chi connectivity index (χ1) is 17.4. The maximum atomic E-state index is 4.83. The Hall–Kier alpha value is -4.43. The van der Waals surface area contributed by atoms with Gasteiger partial charge in [0, 0.05) is 6.20 Å². The van der Waals surface area contributed by atoms with Gasteiger partial charge in [-0.25, -0.2) is 0 Å². The van der Waals surface area contributed by atoms with E-state index >= 15 is 0 Å². The fourth-order valence-corrected chi connectivity index (χ4v) is 5.67. The van der Waals surface area contributed by atoms with Crippen molar-refractivity contribution in [2.24, 2.45) is 0 Å². The summed E-state index contributed by atoms with van der Waals surface area (Å²) in [7, 11) is 0. The summed E-state index contributed by atoms with van der Waals surface area (Å²) in [5, 5.41) is 2.55. The fraction of sp³-hybridized carbons (Fsp3) is 0. The van der Waals surface area contributed by atoms with Gasteiger partial charge in [0.25, 0.3) is 0 Å². The van der Waals surface area contributed by atoms with E-state index in [1.807, 2.05) is 6.20 Å². The van der Waals surface area contributed by atoms with E-state index in [9.17, 15) is 0 Å². The average Bonchev–Trinajstić information content (AvgIpc) is 3.27. The molecule has 35 heavy (non-hydrogen) atoms. The van der Waals surface area contributed by atoms with Crippen LogP contribution >= 0.6 is 0 Å². The zero-order valence-electron chi connectivity index (χ0n) is 19.2. The molecule has 0 saturated carbocycles. The van der Waals surface area contributed by atoms with Gasteiger partial charge in [-0.1, -0.05) is 132 Å². The second-order valence-electron chi connectivity index (χ2n) is 9.16. The second-order valence-corrected chi connectivity index (χ2v) is 9.16. The third-order valence-corrected chi connectivity index (χ3v) is 7.22. The molecule has 0 spiro atoms. The van der Waals surface area contributed by atoms with Crippen molar-refractivity contribution in [1.82, 2.24) is 4.98 Å². The molecule has 2 heterocycles. The van der Waals surface area contributed by atoms with E-state index in [1.165, 1.54) is 55.0 Å². The van der Waals surface area contributed by atoms with Crippen molar-refractivity contribution in [3.63, 3.8) is 0 Å². The van der Waals surface area contributed by atoms with Crippen LogP contribution in [0.1, 0.15) is 0 Å². The highest BCUT2D eigenvalue weighted by Crippen LogP contribution is 2.31. The Kier molecular flexibility index (Phi) is 4.63. The summed E-state index contributed by atoms with van der Waals surface area (Å²) in [5.41, 5.74) is 11.3. The van der Waals surface area contributed by atoms with Gasteiger partial charge in [-0.15, -0.1) is 0 Å². The Morgan fingerprint density at radius 2 is 1.20 bits per heavy atom. The normalized spacial score (nSPS) is 11.9. The summed E-state index contributed by atoms with van der Waals surface area (Å²) in [6, 6.07) is 46.0. The molecule has 2 heteroatoms. The number of benzene rings is 5. The lowest BCUT2D eigenvalue weighted by molar-refractivity contribution is 1.36. The number of hydrogen-bond acceptors (Lipinski definition) is 1. The molecular formula is C33H22BN. The highest BCUT2D eigenvalue weighted by atomic mass is 14.7. The summed E-state index contributed by atoms with van der Waals surface area (Å²) >= 11 is 0. The summed E-state index contributed by atoms with van der Waals surface area (Å²) < 4.78 is 0. The number of fused-ring (bicyclic) bond motifs is 4. The van der Waals surface area contributed by atoms with Crippen LogP contribution in [-0.2, 0) is 0 Å². The number of nitrogens with zero attached hydrogens (tertiary/aromatic N) is 1. The first kappa shape index (κ1) is 20.0. The van der Waals surface area contributed by atoms with E-state index in [4.69, 9.17) is 4.98 Å². The average molecular weight is 443 g/mol. The molecule has 0 atom stereocenters. The van der Waals surface area contributed by atoms with Crippen molar-refractivity contribution in [1.29, 1.82) is 0 Å². The molecule has 0 saturated heterocycles. The predicted octanol–water partition coefficient (Wildman–Crippen LogP) is 6.07. The molecule has 162 valence electrons. The van der Waals surface area contributed by atoms with E-state index in [2.05, 4.69) is 127 Å². The van der Waals surface area contributed by atoms with Crippen molar-refractivity contribution in [3.05, 3.63) is 134 Å². The molecule has 0 amide bonds. The van der Waals surface area contributed by atoms with Gasteiger partial charge in [0.1, 0.15) is 0 Å². The summed E-state index contributed by atoms with van der Waals surface area (Å²) in [5.74, 6) is 0. The van der Waals surface area contributed by atoms with E-state index in [-0.39, 0.29) is 6.71 Å². The van der Waals surface area contributed by atoms with E-state index in [0.717, 1.165) is 5.69 Å². The van der Waals surface area contributed by atoms with Crippen molar-refractivity contribution in [2.75, 3.05) is 0 Å². The summed E-state index contributed by atoms with van der Waals surface area (Å²) in [6.45, 7) is 0.139. The molecular weight excluding hydrogens is 421 g/mol. The van der Waals surface area contributed by atoms with Gasteiger partial charge in [0.05, 0.1) is 5.69 Å². The Morgan fingerprint density at radius 3 is 2.14 bits per heavy atom. The Labute approximate surface area is 205 Å². The summed E-state index contributed by atoms with van der Waals surface area (Å²) in [6.07, 6.45) is 1.91. The zero-order chi connectivity index (χ0) is 23.2. The first-order valence-electron chi connectivity index (χ1n) is 12.1. The molecule has 0 N–H and O–H groups in total. The van der Waals surface area contributed by atoms with E-state index < -0.39 is 0 Å². The van der Waals surface area contributed by atoms with E-state index in [1.54, 1.807) is 0 Å². The highest BCUT2D eigenvalue weighted by molar-refractivity contribution is 6.99. The van der Waals surface area contributed by atoms with Crippen LogP contribution in [0.3, 0.4) is 0 Å². The zero-order valence-corrected chi connectivity index (χ0v) is 19.2. The first-order valence-corrected chi connectivity index (χ1v) is 12.1. The Morgan fingerprint density at radius 1 is 0.457 bits per heavy atom. The minimum absolute atomic E-state index is 0.139. The van der Waals surface area contributed by atoms with Crippen LogP contribution in [0, 0.1) is 0 Å². The topological polar surface area (TPSA) is 12.9 Å². The molecule has 1 nitrogen and oxygen atoms in total. The third-order valence-electron chi connectivity index (χ3n) is 7.22. The molecule has 6 aromatic rings. The van der Waals surface area contributed by atoms with Gasteiger partial charge in [0.2, 0.25) is 6.71 Å². The van der Waals surface area contributed by atoms with Crippen molar-refractivity contribution >= 4 is 33.9 Å². The highest BCUT2D eigenvalue weighted by Gasteiger charge is 2.35. The molecule has 0 aliphatic carbocycles. The third kappa shape index (κ3) is 3.22. The Bertz CT molecular complexity index is 1700. The number of pyridine rings is 1. The van der Waals surface area contributed by atoms with Crippen LogP contribution in [0.4, 0.5) is 0 Å². The molecule has 5 aromatic carbocycles. The van der Waals surface area contributed by atoms with Crippen LogP contribution in [0.25, 0.3) is 44.3 Å². The van der Waals surface area contributed by atoms with Crippen LogP contribution in [0.2, 0.25) is 0 Å². The SMILES string of the molecule is c1ccc(-c2ccccc2B2c3cc(-c4cccc5ccccc45)ccc3-c3ncccc32)cc1. The molecule has 0 bridgehead atoms. The van der Waals surface area contributed by atoms with Crippen LogP contribution in [0.5, 0.6) is 0 Å². The van der Waals surface area contributed by atoms with Crippen LogP contribution in [-0.4, -0.2) is 11.7 Å². The lowest BCUT2D eigenvalue weighted by Gasteiger charge is -2.17. The lowest BCUT2D eigenvalue weighted by Crippen LogP contribution is -2.49. The molecule has 0 radical (unpaired) electrons. The lowest BCUT2D eigenvalue weighted by atomic mass is 9.38. The largest absolute Gasteiger partial charge is 0.257 e. The van der Waals surface area contributed by atoms with Gasteiger partial charge in [0.15, 0.2) is 0 Å². The maximum Gasteiger partial charge on any atom is 0.245 e. The van der Waals surface area contributed by atoms with Gasteiger partial charge in [-0.3, -0.25) is 4.98 Å². The van der Waals surface area contributed by atoms with Crippen LogP contribution < -0.4 is 16.4 Å². The number of rotatable bonds is 3.